The van der Waals surface area contributed by atoms with Crippen LogP contribution in [0.2, 0.25) is 0 Å². The van der Waals surface area contributed by atoms with Crippen LogP contribution in [0.3, 0.4) is 0 Å². The van der Waals surface area contributed by atoms with Crippen molar-refractivity contribution < 1.29 is 24.5 Å². The van der Waals surface area contributed by atoms with Crippen LogP contribution in [0, 0.1) is 17.3 Å². The number of aliphatic hydroxyl groups is 2. The maximum absolute atomic E-state index is 12.2. The molecule has 5 heteroatoms. The number of aliphatic hydroxyl groups excluding tert-OH is 1. The van der Waals surface area contributed by atoms with Crippen molar-refractivity contribution in [2.75, 3.05) is 20.3 Å². The van der Waals surface area contributed by atoms with Gasteiger partial charge in [-0.05, 0) is 96.4 Å². The van der Waals surface area contributed by atoms with Gasteiger partial charge < -0.3 is 19.7 Å². The molecule has 1 saturated carbocycles. The van der Waals surface area contributed by atoms with E-state index < -0.39 is 11.0 Å². The van der Waals surface area contributed by atoms with E-state index in [-0.39, 0.29) is 30.3 Å². The molecular formula is C29H36O5. The van der Waals surface area contributed by atoms with Crippen LogP contribution in [0.5, 0.6) is 5.75 Å². The number of ether oxygens (including phenoxy) is 2. The fourth-order valence-electron chi connectivity index (χ4n) is 7.25. The highest BCUT2D eigenvalue weighted by atomic mass is 16.5. The normalized spacial score (nSPS) is 35.1. The SMILES string of the molecule is C=C(CCO)[C@]1(O)CCC2C3CCC4=CC(=O)CCC4=C3C(c3ccc(OC)cc3)OCC21C. The number of carbonyl (C=O) groups excluding carboxylic acids is 1. The molecule has 1 heterocycles. The topological polar surface area (TPSA) is 76.0 Å². The predicted molar refractivity (Wildman–Crippen MR) is 130 cm³/mol. The molecular weight excluding hydrogens is 428 g/mol. The Labute approximate surface area is 202 Å². The summed E-state index contributed by atoms with van der Waals surface area (Å²) in [6, 6.07) is 8.08. The first-order valence-electron chi connectivity index (χ1n) is 12.6. The van der Waals surface area contributed by atoms with Crippen molar-refractivity contribution in [3.63, 3.8) is 0 Å². The van der Waals surface area contributed by atoms with Gasteiger partial charge in [-0.1, -0.05) is 25.6 Å². The van der Waals surface area contributed by atoms with Gasteiger partial charge in [0.25, 0.3) is 0 Å². The molecule has 1 saturated heterocycles. The van der Waals surface area contributed by atoms with Crippen LogP contribution in [-0.4, -0.2) is 41.9 Å². The number of hydrogen-bond donors (Lipinski definition) is 2. The fourth-order valence-corrected chi connectivity index (χ4v) is 7.25. The smallest absolute Gasteiger partial charge is 0.156 e. The van der Waals surface area contributed by atoms with Gasteiger partial charge in [0.2, 0.25) is 0 Å². The predicted octanol–water partition coefficient (Wildman–Crippen LogP) is 4.85. The number of ketones is 1. The minimum atomic E-state index is -1.07. The number of hydrogen-bond acceptors (Lipinski definition) is 5. The molecule has 182 valence electrons. The van der Waals surface area contributed by atoms with Crippen LogP contribution in [-0.2, 0) is 9.53 Å². The first kappa shape index (κ1) is 23.5. The third kappa shape index (κ3) is 3.52. The van der Waals surface area contributed by atoms with Crippen molar-refractivity contribution in [3.05, 3.63) is 64.8 Å². The van der Waals surface area contributed by atoms with Gasteiger partial charge in [-0.3, -0.25) is 4.79 Å². The monoisotopic (exact) mass is 464 g/mol. The Bertz CT molecular complexity index is 1050. The number of fused-ring (bicyclic) bond motifs is 4. The molecule has 2 N–H and O–H groups in total. The summed E-state index contributed by atoms with van der Waals surface area (Å²) < 4.78 is 12.2. The lowest BCUT2D eigenvalue weighted by atomic mass is 9.60. The highest BCUT2D eigenvalue weighted by Gasteiger charge is 2.62. The molecule has 34 heavy (non-hydrogen) atoms. The Morgan fingerprint density at radius 3 is 2.68 bits per heavy atom. The van der Waals surface area contributed by atoms with E-state index in [4.69, 9.17) is 9.47 Å². The van der Waals surface area contributed by atoms with Gasteiger partial charge in [0.15, 0.2) is 5.78 Å². The maximum Gasteiger partial charge on any atom is 0.156 e. The van der Waals surface area contributed by atoms with E-state index >= 15 is 0 Å². The Balaban J connectivity index is 1.64. The van der Waals surface area contributed by atoms with Crippen LogP contribution in [0.25, 0.3) is 0 Å². The standard InChI is InChI=1S/C29H36O5/c1-18(13-15-30)29(32)14-12-25-24-10-6-20-16-21(31)7-11-23(20)26(24)27(34-17-28(25,29)2)19-4-8-22(33-3)9-5-19/h4-5,8-9,16,24-25,27,30,32H,1,6-7,10-15,17H2,2-3H3/t24?,25?,27?,28?,29-/m1/s1. The van der Waals surface area contributed by atoms with E-state index in [0.29, 0.717) is 31.4 Å². The van der Waals surface area contributed by atoms with E-state index in [9.17, 15) is 15.0 Å². The number of benzene rings is 1. The van der Waals surface area contributed by atoms with E-state index in [0.717, 1.165) is 37.0 Å². The Kier molecular flexibility index (Phi) is 6.07. The molecule has 0 bridgehead atoms. The molecule has 1 aromatic carbocycles. The summed E-state index contributed by atoms with van der Waals surface area (Å²) in [7, 11) is 1.66. The van der Waals surface area contributed by atoms with Gasteiger partial charge in [0.1, 0.15) is 11.9 Å². The van der Waals surface area contributed by atoms with Gasteiger partial charge in [-0.2, -0.15) is 0 Å². The zero-order chi connectivity index (χ0) is 24.1. The van der Waals surface area contributed by atoms with Crippen molar-refractivity contribution in [1.82, 2.24) is 0 Å². The molecule has 0 amide bonds. The largest absolute Gasteiger partial charge is 0.497 e. The van der Waals surface area contributed by atoms with Crippen molar-refractivity contribution in [3.8, 4) is 5.75 Å². The van der Waals surface area contributed by atoms with E-state index in [1.165, 1.54) is 16.7 Å². The molecule has 0 aromatic heterocycles. The van der Waals surface area contributed by atoms with Crippen LogP contribution in [0.4, 0.5) is 0 Å². The quantitative estimate of drug-likeness (QED) is 0.610. The second kappa shape index (κ2) is 8.78. The highest BCUT2D eigenvalue weighted by molar-refractivity contribution is 5.93. The molecule has 5 atom stereocenters. The molecule has 3 aliphatic carbocycles. The summed E-state index contributed by atoms with van der Waals surface area (Å²) in [6.45, 7) is 6.76. The van der Waals surface area contributed by atoms with E-state index in [1.54, 1.807) is 7.11 Å². The summed E-state index contributed by atoms with van der Waals surface area (Å²) >= 11 is 0. The number of allylic oxidation sites excluding steroid dienone is 3. The van der Waals surface area contributed by atoms with Gasteiger partial charge >= 0.3 is 0 Å². The fraction of sp³-hybridized carbons (Fsp3) is 0.552. The Morgan fingerprint density at radius 2 is 1.97 bits per heavy atom. The lowest BCUT2D eigenvalue weighted by molar-refractivity contribution is -0.114. The average molecular weight is 465 g/mol. The lowest BCUT2D eigenvalue weighted by Crippen LogP contribution is -2.50. The van der Waals surface area contributed by atoms with Gasteiger partial charge in [0, 0.05) is 18.4 Å². The first-order valence-corrected chi connectivity index (χ1v) is 12.6. The van der Waals surface area contributed by atoms with E-state index in [1.807, 2.05) is 18.2 Å². The minimum Gasteiger partial charge on any atom is -0.497 e. The third-order valence-electron chi connectivity index (χ3n) is 9.13. The summed E-state index contributed by atoms with van der Waals surface area (Å²) in [5.41, 5.74) is 4.00. The van der Waals surface area contributed by atoms with Crippen LogP contribution in [0.15, 0.2) is 59.2 Å². The highest BCUT2D eigenvalue weighted by Crippen LogP contribution is 2.63. The summed E-state index contributed by atoms with van der Waals surface area (Å²) in [6.07, 6.45) is 6.73. The lowest BCUT2D eigenvalue weighted by Gasteiger charge is -2.45. The molecule has 5 nitrogen and oxygen atoms in total. The van der Waals surface area contributed by atoms with Crippen molar-refractivity contribution in [2.45, 2.75) is 63.6 Å². The number of carbonyl (C=O) groups is 1. The van der Waals surface area contributed by atoms with Gasteiger partial charge in [0.05, 0.1) is 19.3 Å². The zero-order valence-electron chi connectivity index (χ0n) is 20.3. The van der Waals surface area contributed by atoms with Crippen molar-refractivity contribution in [2.24, 2.45) is 17.3 Å². The van der Waals surface area contributed by atoms with Crippen molar-refractivity contribution in [1.29, 1.82) is 0 Å². The maximum atomic E-state index is 12.2. The molecule has 4 aliphatic rings. The van der Waals surface area contributed by atoms with Gasteiger partial charge in [-0.25, -0.2) is 0 Å². The molecule has 4 unspecified atom stereocenters. The first-order chi connectivity index (χ1) is 16.3. The second-order valence-electron chi connectivity index (χ2n) is 10.7. The molecule has 0 spiro atoms. The van der Waals surface area contributed by atoms with E-state index in [2.05, 4.69) is 25.6 Å². The number of methoxy groups -OCH3 is 1. The van der Waals surface area contributed by atoms with Crippen LogP contribution < -0.4 is 4.74 Å². The molecule has 1 aliphatic heterocycles. The van der Waals surface area contributed by atoms with Gasteiger partial charge in [-0.15, -0.1) is 0 Å². The summed E-state index contributed by atoms with van der Waals surface area (Å²) in [5, 5.41) is 21.5. The third-order valence-corrected chi connectivity index (χ3v) is 9.13. The Morgan fingerprint density at radius 1 is 1.21 bits per heavy atom. The molecule has 5 rings (SSSR count). The summed E-state index contributed by atoms with van der Waals surface area (Å²) in [5.74, 6) is 1.54. The molecule has 1 aromatic rings. The average Bonchev–Trinajstić information content (AvgIpc) is 3.02. The minimum absolute atomic E-state index is 0.0157. The zero-order valence-corrected chi connectivity index (χ0v) is 20.3. The van der Waals surface area contributed by atoms with Crippen LogP contribution >= 0.6 is 0 Å². The molecule has 0 radical (unpaired) electrons. The second-order valence-corrected chi connectivity index (χ2v) is 10.7. The molecule has 2 fully saturated rings. The Hall–Kier alpha value is -2.21. The van der Waals surface area contributed by atoms with Crippen LogP contribution in [0.1, 0.15) is 63.5 Å². The summed E-state index contributed by atoms with van der Waals surface area (Å²) in [4.78, 5) is 12.2. The number of rotatable bonds is 5. The van der Waals surface area contributed by atoms with Crippen molar-refractivity contribution >= 4 is 5.78 Å².